The highest BCUT2D eigenvalue weighted by Gasteiger charge is 2.31. The third-order valence-corrected chi connectivity index (χ3v) is 8.66. The van der Waals surface area contributed by atoms with Crippen LogP contribution >= 0.6 is 0 Å². The zero-order valence-electron chi connectivity index (χ0n) is 28.0. The maximum absolute atomic E-state index is 14.0. The molecule has 14 nitrogen and oxygen atoms in total. The van der Waals surface area contributed by atoms with E-state index >= 15 is 0 Å². The molecule has 0 bridgehead atoms. The summed E-state index contributed by atoms with van der Waals surface area (Å²) in [4.78, 5) is 63.9. The molecule has 0 saturated carbocycles. The lowest BCUT2D eigenvalue weighted by atomic mass is 10.0. The van der Waals surface area contributed by atoms with E-state index in [9.17, 15) is 24.3 Å². The molecule has 0 aliphatic rings. The highest BCUT2D eigenvalue weighted by molar-refractivity contribution is 5.95. The van der Waals surface area contributed by atoms with Crippen molar-refractivity contribution >= 4 is 51.5 Å². The number of hydrogen-bond donors (Lipinski definition) is 9. The van der Waals surface area contributed by atoms with Gasteiger partial charge < -0.3 is 48.2 Å². The monoisotopic (exact) mass is 693 g/mol. The average molecular weight is 694 g/mol. The molecular formula is C37H43N9O5. The first kappa shape index (κ1) is 36.1. The number of guanidine groups is 1. The predicted octanol–water partition coefficient (Wildman–Crippen LogP) is 1.60. The summed E-state index contributed by atoms with van der Waals surface area (Å²) in [5.41, 5.74) is 21.1. The second kappa shape index (κ2) is 17.0. The molecule has 0 radical (unpaired) electrons. The molecule has 2 aromatic heterocycles. The van der Waals surface area contributed by atoms with Crippen LogP contribution in [0.2, 0.25) is 0 Å². The highest BCUT2D eigenvalue weighted by Crippen LogP contribution is 2.21. The van der Waals surface area contributed by atoms with Crippen molar-refractivity contribution in [2.75, 3.05) is 6.54 Å². The number of aliphatic carboxylic acids is 1. The number of fused-ring (bicyclic) bond motifs is 2. The molecule has 4 atom stereocenters. The standard InChI is InChI=1S/C37H43N9O5/c38-27(17-22-9-2-1-3-10-22)33(47)44-30(15-8-16-41-37(39)40)34(48)45-31(18-23-20-42-28-13-6-4-11-25(23)28)35(49)46-32(36(50)51)19-24-21-43-29-14-7-5-12-26(24)29/h1-7,9-14,20-21,27,30-32,42-43H,8,15-19,38H2,(H,44,47)(H,45,48)(H,46,49)(H,50,51)(H4,39,40,41). The molecule has 0 saturated heterocycles. The van der Waals surface area contributed by atoms with Crippen molar-refractivity contribution in [2.24, 2.45) is 22.2 Å². The van der Waals surface area contributed by atoms with Crippen molar-refractivity contribution in [3.05, 3.63) is 108 Å². The third kappa shape index (κ3) is 9.73. The van der Waals surface area contributed by atoms with E-state index in [1.807, 2.05) is 78.9 Å². The quantitative estimate of drug-likeness (QED) is 0.0392. The Balaban J connectivity index is 1.37. The largest absolute Gasteiger partial charge is 0.480 e. The van der Waals surface area contributed by atoms with Gasteiger partial charge in [0.2, 0.25) is 17.7 Å². The Morgan fingerprint density at radius 2 is 1.18 bits per heavy atom. The Labute approximate surface area is 294 Å². The number of benzene rings is 3. The van der Waals surface area contributed by atoms with Gasteiger partial charge in [-0.1, -0.05) is 66.7 Å². The van der Waals surface area contributed by atoms with Crippen LogP contribution in [0.5, 0.6) is 0 Å². The summed E-state index contributed by atoms with van der Waals surface area (Å²) in [6.07, 6.45) is 4.20. The molecule has 4 unspecified atom stereocenters. The number of carbonyl (C=O) groups excluding carboxylic acids is 3. The summed E-state index contributed by atoms with van der Waals surface area (Å²) < 4.78 is 0. The zero-order valence-corrected chi connectivity index (χ0v) is 28.0. The van der Waals surface area contributed by atoms with Gasteiger partial charge >= 0.3 is 5.97 Å². The molecule has 3 aromatic carbocycles. The van der Waals surface area contributed by atoms with E-state index in [-0.39, 0.29) is 38.2 Å². The van der Waals surface area contributed by atoms with E-state index < -0.39 is 47.9 Å². The molecule has 0 spiro atoms. The molecule has 5 rings (SSSR count). The van der Waals surface area contributed by atoms with Crippen molar-refractivity contribution in [3.63, 3.8) is 0 Å². The number of aliphatic imine (C=N–C) groups is 1. The van der Waals surface area contributed by atoms with Gasteiger partial charge in [0.05, 0.1) is 6.04 Å². The van der Waals surface area contributed by atoms with Gasteiger partial charge in [0.15, 0.2) is 5.96 Å². The molecule has 12 N–H and O–H groups in total. The predicted molar refractivity (Wildman–Crippen MR) is 195 cm³/mol. The SMILES string of the molecule is NC(N)=NCCCC(NC(=O)C(N)Cc1ccccc1)C(=O)NC(Cc1c[nH]c2ccccc12)C(=O)NC(Cc1c[nH]c2ccccc12)C(=O)O. The van der Waals surface area contributed by atoms with Crippen LogP contribution in [0.15, 0.2) is 96.2 Å². The molecule has 5 aromatic rings. The molecule has 3 amide bonds. The van der Waals surface area contributed by atoms with Crippen LogP contribution in [0.4, 0.5) is 0 Å². The van der Waals surface area contributed by atoms with Gasteiger partial charge in [-0.2, -0.15) is 0 Å². The molecule has 0 aliphatic heterocycles. The smallest absolute Gasteiger partial charge is 0.326 e. The number of aromatic amines is 2. The first-order valence-electron chi connectivity index (χ1n) is 16.7. The number of hydrogen-bond acceptors (Lipinski definition) is 6. The van der Waals surface area contributed by atoms with Gasteiger partial charge in [-0.25, -0.2) is 4.79 Å². The summed E-state index contributed by atoms with van der Waals surface area (Å²) in [6, 6.07) is 19.6. The fraction of sp³-hybridized carbons (Fsp3) is 0.270. The summed E-state index contributed by atoms with van der Waals surface area (Å²) >= 11 is 0. The summed E-state index contributed by atoms with van der Waals surface area (Å²) in [6.45, 7) is 0.200. The lowest BCUT2D eigenvalue weighted by Crippen LogP contribution is -2.58. The number of aromatic nitrogens is 2. The Kier molecular flexibility index (Phi) is 12.0. The number of amides is 3. The fourth-order valence-corrected chi connectivity index (χ4v) is 6.01. The first-order valence-corrected chi connectivity index (χ1v) is 16.7. The molecule has 51 heavy (non-hydrogen) atoms. The van der Waals surface area contributed by atoms with E-state index in [1.54, 1.807) is 12.4 Å². The number of para-hydroxylation sites is 2. The minimum absolute atomic E-state index is 0.00160. The normalized spacial score (nSPS) is 13.5. The van der Waals surface area contributed by atoms with Gasteiger partial charge in [-0.15, -0.1) is 0 Å². The molecule has 14 heteroatoms. The molecule has 0 fully saturated rings. The summed E-state index contributed by atoms with van der Waals surface area (Å²) in [7, 11) is 0. The molecule has 0 aliphatic carbocycles. The van der Waals surface area contributed by atoms with Crippen molar-refractivity contribution in [3.8, 4) is 0 Å². The third-order valence-electron chi connectivity index (χ3n) is 8.66. The number of carboxylic acids is 1. The topological polar surface area (TPSA) is 247 Å². The van der Waals surface area contributed by atoms with E-state index in [4.69, 9.17) is 17.2 Å². The van der Waals surface area contributed by atoms with Crippen LogP contribution in [0.25, 0.3) is 21.8 Å². The van der Waals surface area contributed by atoms with Gasteiger partial charge in [-0.05, 0) is 48.1 Å². The van der Waals surface area contributed by atoms with Crippen LogP contribution in [0.1, 0.15) is 29.5 Å². The molecule has 266 valence electrons. The van der Waals surface area contributed by atoms with Gasteiger partial charge in [0, 0.05) is 53.6 Å². The summed E-state index contributed by atoms with van der Waals surface area (Å²) in [5, 5.41) is 20.0. The van der Waals surface area contributed by atoms with Crippen molar-refractivity contribution < 1.29 is 24.3 Å². The second-order valence-electron chi connectivity index (χ2n) is 12.4. The van der Waals surface area contributed by atoms with Gasteiger partial charge in [0.25, 0.3) is 0 Å². The fourth-order valence-electron chi connectivity index (χ4n) is 6.01. The Morgan fingerprint density at radius 1 is 0.667 bits per heavy atom. The maximum Gasteiger partial charge on any atom is 0.326 e. The lowest BCUT2D eigenvalue weighted by molar-refractivity contribution is -0.142. The van der Waals surface area contributed by atoms with E-state index in [1.165, 1.54) is 0 Å². The van der Waals surface area contributed by atoms with Crippen molar-refractivity contribution in [1.82, 2.24) is 25.9 Å². The van der Waals surface area contributed by atoms with E-state index in [0.29, 0.717) is 12.0 Å². The Morgan fingerprint density at radius 3 is 1.76 bits per heavy atom. The van der Waals surface area contributed by atoms with E-state index in [2.05, 4.69) is 30.9 Å². The highest BCUT2D eigenvalue weighted by atomic mass is 16.4. The maximum atomic E-state index is 14.0. The van der Waals surface area contributed by atoms with Gasteiger partial charge in [0.1, 0.15) is 18.1 Å². The Bertz CT molecular complexity index is 2000. The number of nitrogens with zero attached hydrogens (tertiary/aromatic N) is 1. The number of carbonyl (C=O) groups is 4. The number of nitrogens with two attached hydrogens (primary N) is 3. The average Bonchev–Trinajstić information content (AvgIpc) is 3.73. The number of carboxylic acid groups (broad SMARTS) is 1. The Hall–Kier alpha value is -6.15. The first-order chi connectivity index (χ1) is 24.6. The van der Waals surface area contributed by atoms with Crippen molar-refractivity contribution in [1.29, 1.82) is 0 Å². The number of nitrogens with one attached hydrogen (secondary N) is 5. The lowest BCUT2D eigenvalue weighted by Gasteiger charge is -2.25. The van der Waals surface area contributed by atoms with Crippen LogP contribution in [-0.4, -0.2) is 75.4 Å². The minimum Gasteiger partial charge on any atom is -0.480 e. The second-order valence-corrected chi connectivity index (χ2v) is 12.4. The minimum atomic E-state index is -1.30. The molecule has 2 heterocycles. The number of rotatable bonds is 17. The van der Waals surface area contributed by atoms with Crippen LogP contribution in [0, 0.1) is 0 Å². The zero-order chi connectivity index (χ0) is 36.3. The molecular weight excluding hydrogens is 650 g/mol. The van der Waals surface area contributed by atoms with Crippen LogP contribution < -0.4 is 33.2 Å². The van der Waals surface area contributed by atoms with E-state index in [0.717, 1.165) is 32.9 Å². The summed E-state index contributed by atoms with van der Waals surface area (Å²) in [5.74, 6) is -3.25. The van der Waals surface area contributed by atoms with Crippen LogP contribution in [0.3, 0.4) is 0 Å². The van der Waals surface area contributed by atoms with Gasteiger partial charge in [-0.3, -0.25) is 19.4 Å². The van der Waals surface area contributed by atoms with Crippen LogP contribution in [-0.2, 0) is 38.4 Å². The number of H-pyrrole nitrogens is 2. The van der Waals surface area contributed by atoms with Crippen molar-refractivity contribution in [2.45, 2.75) is 56.3 Å².